The molecule has 0 spiro atoms. The highest BCUT2D eigenvalue weighted by atomic mass is 33.1. The van der Waals surface area contributed by atoms with Crippen molar-refractivity contribution in [3.63, 3.8) is 0 Å². The fraction of sp³-hybridized carbons (Fsp3) is 0.200. The number of carboxylic acid groups (broad SMARTS) is 2. The number of hydrogen-bond acceptors (Lipinski definition) is 10. The molecule has 14 nitrogen and oxygen atoms in total. The van der Waals surface area contributed by atoms with Gasteiger partial charge in [0.2, 0.25) is 0 Å². The number of amides is 2. The monoisotopic (exact) mass is 538 g/mol. The number of carbonyl (C=O) groups is 4. The number of nitro benzene ring substituents is 2. The van der Waals surface area contributed by atoms with E-state index in [0.29, 0.717) is 0 Å². The standard InChI is InChI=1S/C20H18N4O10S2/c25-17(11-1-5-13(6-2-11)23(31)32)21-15(19(27)28)9-35-36-10-16(20(29)30)22-18(26)12-3-7-14(8-4-12)24(33)34/h1-8,15-16H,9-10H2,(H,21,25)(H,22,26)(H,27,28)(H,29,30)/t15-,16-/m0/s1. The molecule has 0 aromatic heterocycles. The van der Waals surface area contributed by atoms with Crippen LogP contribution in [0.5, 0.6) is 0 Å². The van der Waals surface area contributed by atoms with Gasteiger partial charge in [-0.25, -0.2) is 9.59 Å². The van der Waals surface area contributed by atoms with E-state index in [2.05, 4.69) is 10.6 Å². The van der Waals surface area contributed by atoms with Crippen LogP contribution in [0.1, 0.15) is 20.7 Å². The smallest absolute Gasteiger partial charge is 0.327 e. The molecule has 16 heteroatoms. The predicted octanol–water partition coefficient (Wildman–Crippen LogP) is 1.95. The molecule has 2 atom stereocenters. The molecule has 36 heavy (non-hydrogen) atoms. The quantitative estimate of drug-likeness (QED) is 0.124. The third-order valence-corrected chi connectivity index (χ3v) is 6.86. The van der Waals surface area contributed by atoms with Crippen molar-refractivity contribution in [1.82, 2.24) is 10.6 Å². The molecule has 0 saturated heterocycles. The molecule has 0 heterocycles. The van der Waals surface area contributed by atoms with Crippen molar-refractivity contribution in [3.05, 3.63) is 79.9 Å². The number of carbonyl (C=O) groups excluding carboxylic acids is 2. The highest BCUT2D eigenvalue weighted by molar-refractivity contribution is 8.76. The van der Waals surface area contributed by atoms with Gasteiger partial charge in [0.1, 0.15) is 12.1 Å². The Labute approximate surface area is 210 Å². The Balaban J connectivity index is 1.88. The van der Waals surface area contributed by atoms with Crippen LogP contribution in [0.3, 0.4) is 0 Å². The Hall–Kier alpha value is -4.18. The van der Waals surface area contributed by atoms with Gasteiger partial charge in [0.15, 0.2) is 0 Å². The molecule has 2 rings (SSSR count). The first kappa shape index (κ1) is 28.1. The van der Waals surface area contributed by atoms with Crippen LogP contribution in [0.4, 0.5) is 11.4 Å². The molecule has 2 aromatic rings. The lowest BCUT2D eigenvalue weighted by Crippen LogP contribution is -2.43. The third kappa shape index (κ3) is 8.24. The molecule has 190 valence electrons. The average Bonchev–Trinajstić information content (AvgIpc) is 2.84. The number of nitrogens with one attached hydrogen (secondary N) is 2. The number of hydrogen-bond donors (Lipinski definition) is 4. The van der Waals surface area contributed by atoms with E-state index in [1.54, 1.807) is 0 Å². The van der Waals surface area contributed by atoms with Gasteiger partial charge in [-0.05, 0) is 24.3 Å². The zero-order valence-corrected chi connectivity index (χ0v) is 19.7. The lowest BCUT2D eigenvalue weighted by atomic mass is 10.2. The maximum atomic E-state index is 12.3. The van der Waals surface area contributed by atoms with E-state index in [1.165, 1.54) is 24.3 Å². The first-order chi connectivity index (χ1) is 17.0. The number of benzene rings is 2. The minimum absolute atomic E-state index is 0.0180. The molecule has 0 aliphatic heterocycles. The van der Waals surface area contributed by atoms with Gasteiger partial charge in [0.05, 0.1) is 9.85 Å². The molecular formula is C20H18N4O10S2. The second-order valence-corrected chi connectivity index (χ2v) is 9.46. The Morgan fingerprint density at radius 1 is 0.694 bits per heavy atom. The third-order valence-electron chi connectivity index (χ3n) is 4.44. The van der Waals surface area contributed by atoms with Gasteiger partial charge in [0.25, 0.3) is 23.2 Å². The van der Waals surface area contributed by atoms with Crippen molar-refractivity contribution < 1.29 is 39.2 Å². The van der Waals surface area contributed by atoms with Crippen LogP contribution in [0, 0.1) is 20.2 Å². The second kappa shape index (κ2) is 13.1. The normalized spacial score (nSPS) is 12.1. The molecule has 0 bridgehead atoms. The molecule has 2 amide bonds. The average molecular weight is 539 g/mol. The van der Waals surface area contributed by atoms with Crippen LogP contribution in [-0.4, -0.2) is 67.4 Å². The van der Waals surface area contributed by atoms with E-state index >= 15 is 0 Å². The van der Waals surface area contributed by atoms with E-state index in [4.69, 9.17) is 0 Å². The molecule has 0 saturated carbocycles. The second-order valence-electron chi connectivity index (χ2n) is 6.91. The van der Waals surface area contributed by atoms with Crippen molar-refractivity contribution in [2.45, 2.75) is 12.1 Å². The fourth-order valence-corrected chi connectivity index (χ4v) is 4.84. The zero-order chi connectivity index (χ0) is 26.8. The summed E-state index contributed by atoms with van der Waals surface area (Å²) >= 11 is 0. The van der Waals surface area contributed by atoms with Crippen molar-refractivity contribution in [1.29, 1.82) is 0 Å². The van der Waals surface area contributed by atoms with Crippen LogP contribution >= 0.6 is 21.6 Å². The van der Waals surface area contributed by atoms with Crippen LogP contribution in [0.25, 0.3) is 0 Å². The molecule has 0 unspecified atom stereocenters. The summed E-state index contributed by atoms with van der Waals surface area (Å²) in [6.07, 6.45) is 0. The van der Waals surface area contributed by atoms with E-state index in [0.717, 1.165) is 45.9 Å². The lowest BCUT2D eigenvalue weighted by Gasteiger charge is -2.16. The summed E-state index contributed by atoms with van der Waals surface area (Å²) in [6, 6.07) is 6.44. The molecule has 4 N–H and O–H groups in total. The summed E-state index contributed by atoms with van der Waals surface area (Å²) in [5.41, 5.74) is -0.433. The van der Waals surface area contributed by atoms with Crippen LogP contribution < -0.4 is 10.6 Å². The van der Waals surface area contributed by atoms with Crippen molar-refractivity contribution >= 4 is 56.7 Å². The van der Waals surface area contributed by atoms with Gasteiger partial charge in [-0.1, -0.05) is 21.6 Å². The SMILES string of the molecule is O=C(N[C@@H](CSSC[C@H](NC(=O)c1ccc([N+](=O)[O-])cc1)C(=O)O)C(=O)O)c1ccc([N+](=O)[O-])cc1. The molecule has 2 aromatic carbocycles. The summed E-state index contributed by atoms with van der Waals surface area (Å²) in [4.78, 5) is 67.6. The van der Waals surface area contributed by atoms with Gasteiger partial charge in [0, 0.05) is 46.9 Å². The maximum absolute atomic E-state index is 12.3. The predicted molar refractivity (Wildman–Crippen MR) is 129 cm³/mol. The zero-order valence-electron chi connectivity index (χ0n) is 18.1. The van der Waals surface area contributed by atoms with E-state index < -0.39 is 45.7 Å². The summed E-state index contributed by atoms with van der Waals surface area (Å²) in [5.74, 6) is -4.52. The number of non-ortho nitro benzene ring substituents is 2. The van der Waals surface area contributed by atoms with Gasteiger partial charge >= 0.3 is 11.9 Å². The van der Waals surface area contributed by atoms with Crippen molar-refractivity contribution in [2.24, 2.45) is 0 Å². The summed E-state index contributed by atoms with van der Waals surface area (Å²) in [7, 11) is 1.90. The van der Waals surface area contributed by atoms with Gasteiger partial charge in [-0.3, -0.25) is 29.8 Å². The van der Waals surface area contributed by atoms with Gasteiger partial charge in [-0.15, -0.1) is 0 Å². The Kier molecular flexibility index (Phi) is 10.2. The molecule has 0 radical (unpaired) electrons. The first-order valence-corrected chi connectivity index (χ1v) is 12.3. The van der Waals surface area contributed by atoms with Crippen LogP contribution in [-0.2, 0) is 9.59 Å². The van der Waals surface area contributed by atoms with E-state index in [9.17, 15) is 49.6 Å². The van der Waals surface area contributed by atoms with Gasteiger partial charge < -0.3 is 20.8 Å². The lowest BCUT2D eigenvalue weighted by molar-refractivity contribution is -0.385. The number of aliphatic carboxylic acids is 2. The minimum atomic E-state index is -1.35. The van der Waals surface area contributed by atoms with Gasteiger partial charge in [-0.2, -0.15) is 0 Å². The number of nitrogens with zero attached hydrogens (tertiary/aromatic N) is 2. The van der Waals surface area contributed by atoms with E-state index in [1.807, 2.05) is 0 Å². The maximum Gasteiger partial charge on any atom is 0.327 e. The van der Waals surface area contributed by atoms with Crippen molar-refractivity contribution in [3.8, 4) is 0 Å². The molecule has 0 fully saturated rings. The fourth-order valence-electron chi connectivity index (χ4n) is 2.53. The highest BCUT2D eigenvalue weighted by Gasteiger charge is 2.24. The summed E-state index contributed by atoms with van der Waals surface area (Å²) < 4.78 is 0. The molecular weight excluding hydrogens is 520 g/mol. The molecule has 0 aliphatic rings. The van der Waals surface area contributed by atoms with Crippen LogP contribution in [0.2, 0.25) is 0 Å². The largest absolute Gasteiger partial charge is 0.480 e. The Morgan fingerprint density at radius 2 is 1.00 bits per heavy atom. The Bertz CT molecular complexity index is 1070. The highest BCUT2D eigenvalue weighted by Crippen LogP contribution is 2.24. The number of nitro groups is 2. The first-order valence-electron chi connectivity index (χ1n) is 9.80. The van der Waals surface area contributed by atoms with E-state index in [-0.39, 0.29) is 34.0 Å². The Morgan fingerprint density at radius 3 is 1.25 bits per heavy atom. The summed E-state index contributed by atoms with van der Waals surface area (Å²) in [5, 5.41) is 44.7. The topological polar surface area (TPSA) is 219 Å². The minimum Gasteiger partial charge on any atom is -0.480 e. The summed E-state index contributed by atoms with van der Waals surface area (Å²) in [6.45, 7) is 0. The number of rotatable bonds is 13. The molecule has 0 aliphatic carbocycles. The number of carboxylic acids is 2. The van der Waals surface area contributed by atoms with Crippen LogP contribution in [0.15, 0.2) is 48.5 Å². The van der Waals surface area contributed by atoms with Crippen molar-refractivity contribution in [2.75, 3.05) is 11.5 Å².